The van der Waals surface area contributed by atoms with Gasteiger partial charge in [-0.3, -0.25) is 4.79 Å². The van der Waals surface area contributed by atoms with Crippen LogP contribution in [0.15, 0.2) is 12.2 Å². The Morgan fingerprint density at radius 1 is 1.06 bits per heavy atom. The Balaban J connectivity index is 2.53. The van der Waals surface area contributed by atoms with Crippen LogP contribution in [0.25, 0.3) is 0 Å². The predicted molar refractivity (Wildman–Crippen MR) is 147 cm³/mol. The van der Waals surface area contributed by atoms with Gasteiger partial charge in [0.15, 0.2) is 16.6 Å². The van der Waals surface area contributed by atoms with Gasteiger partial charge in [0.2, 0.25) is 0 Å². The van der Waals surface area contributed by atoms with Crippen LogP contribution in [0.5, 0.6) is 0 Å². The first-order valence-corrected chi connectivity index (χ1v) is 18.8. The van der Waals surface area contributed by atoms with Gasteiger partial charge in [0, 0.05) is 18.9 Å². The average molecular weight is 507 g/mol. The van der Waals surface area contributed by atoms with Gasteiger partial charge in [0.1, 0.15) is 5.78 Å². The molecule has 0 aromatic rings. The van der Waals surface area contributed by atoms with Crippen LogP contribution in [0.2, 0.25) is 36.3 Å². The maximum atomic E-state index is 13.4. The normalized spacial score (nSPS) is 32.2. The summed E-state index contributed by atoms with van der Waals surface area (Å²) in [7, 11) is -4.28. The predicted octanol–water partition coefficient (Wildman–Crippen LogP) is 6.86. The number of hydrogen-bond acceptors (Lipinski definition) is 4. The van der Waals surface area contributed by atoms with E-state index < -0.39 is 34.3 Å². The van der Waals surface area contributed by atoms with Crippen molar-refractivity contribution < 1.29 is 18.8 Å². The van der Waals surface area contributed by atoms with Gasteiger partial charge in [-0.05, 0) is 68.4 Å². The molecule has 0 heterocycles. The molecule has 2 rings (SSSR count). The first kappa shape index (κ1) is 29.5. The molecule has 4 nitrogen and oxygen atoms in total. The average Bonchev–Trinajstić information content (AvgIpc) is 2.67. The molecule has 5 atom stereocenters. The zero-order valence-electron chi connectivity index (χ0n) is 23.7. The Kier molecular flexibility index (Phi) is 8.97. The van der Waals surface area contributed by atoms with Crippen molar-refractivity contribution in [2.75, 3.05) is 0 Å². The first-order valence-electron chi connectivity index (χ1n) is 13.0. The number of Topliss-reactive ketones (excluding diaryl/α,β-unsaturated/α-hetero) is 1. The van der Waals surface area contributed by atoms with Gasteiger partial charge in [0.25, 0.3) is 0 Å². The number of hydrogen-bond donors (Lipinski definition) is 1. The van der Waals surface area contributed by atoms with Crippen LogP contribution in [-0.4, -0.2) is 45.3 Å². The summed E-state index contributed by atoms with van der Waals surface area (Å²) < 4.78 is 13.9. The number of rotatable bonds is 5. The lowest BCUT2D eigenvalue weighted by molar-refractivity contribution is -0.152. The first-order chi connectivity index (χ1) is 15.4. The van der Waals surface area contributed by atoms with Crippen molar-refractivity contribution in [3.8, 4) is 11.8 Å². The van der Waals surface area contributed by atoms with E-state index in [4.69, 9.17) is 8.85 Å². The molecule has 194 valence electrons. The molecule has 0 aromatic heterocycles. The fraction of sp³-hybridized carbons (Fsp3) is 0.821. The largest absolute Gasteiger partial charge is 0.414 e. The summed E-state index contributed by atoms with van der Waals surface area (Å²) in [5.74, 6) is 5.83. The summed E-state index contributed by atoms with van der Waals surface area (Å²) >= 11 is 0. The van der Waals surface area contributed by atoms with Gasteiger partial charge in [-0.15, -0.1) is 11.8 Å². The van der Waals surface area contributed by atoms with Gasteiger partial charge in [-0.2, -0.15) is 0 Å². The molecule has 1 fully saturated rings. The lowest BCUT2D eigenvalue weighted by atomic mass is 9.66. The highest BCUT2D eigenvalue weighted by atomic mass is 28.4. The summed E-state index contributed by atoms with van der Waals surface area (Å²) in [6.07, 6.45) is 6.34. The summed E-state index contributed by atoms with van der Waals surface area (Å²) in [6.45, 7) is 24.2. The van der Waals surface area contributed by atoms with Crippen LogP contribution < -0.4 is 0 Å². The third-order valence-corrected chi connectivity index (χ3v) is 18.0. The zero-order chi connectivity index (χ0) is 26.2. The lowest BCUT2D eigenvalue weighted by Gasteiger charge is -2.52. The molecule has 2 aliphatic carbocycles. The SMILES string of the molecule is CC#CCC1(O[Si](C)(C)C(C)(C)C)C/C=C\C[C@H]2[C@@H](C(=O)CC[C@@H]2O[Si](C)(C)C(C)(C)C)[C@@H]1O. The van der Waals surface area contributed by atoms with Crippen LogP contribution in [-0.2, 0) is 13.6 Å². The third-order valence-electron chi connectivity index (χ3n) is 8.98. The van der Waals surface area contributed by atoms with E-state index in [-0.39, 0.29) is 27.9 Å². The van der Waals surface area contributed by atoms with Crippen molar-refractivity contribution in [2.45, 2.75) is 135 Å². The minimum atomic E-state index is -2.25. The maximum Gasteiger partial charge on any atom is 0.193 e. The van der Waals surface area contributed by atoms with Crippen molar-refractivity contribution in [2.24, 2.45) is 11.8 Å². The molecule has 1 saturated carbocycles. The van der Waals surface area contributed by atoms with E-state index in [1.54, 1.807) is 0 Å². The third kappa shape index (κ3) is 6.15. The molecule has 6 heteroatoms. The molecule has 0 aromatic carbocycles. The van der Waals surface area contributed by atoms with E-state index in [1.165, 1.54) is 0 Å². The fourth-order valence-corrected chi connectivity index (χ4v) is 7.75. The van der Waals surface area contributed by atoms with Gasteiger partial charge < -0.3 is 14.0 Å². The Bertz CT molecular complexity index is 822. The van der Waals surface area contributed by atoms with E-state index in [1.807, 2.05) is 6.92 Å². The second-order valence-corrected chi connectivity index (χ2v) is 23.0. The van der Waals surface area contributed by atoms with Crippen molar-refractivity contribution in [1.29, 1.82) is 0 Å². The van der Waals surface area contributed by atoms with Crippen molar-refractivity contribution >= 4 is 22.4 Å². The lowest BCUT2D eigenvalue weighted by Crippen LogP contribution is -2.61. The minimum absolute atomic E-state index is 0.0185. The molecule has 0 saturated heterocycles. The zero-order valence-corrected chi connectivity index (χ0v) is 25.7. The summed E-state index contributed by atoms with van der Waals surface area (Å²) in [4.78, 5) is 13.4. The van der Waals surface area contributed by atoms with Crippen molar-refractivity contribution in [3.63, 3.8) is 0 Å². The van der Waals surface area contributed by atoms with Crippen LogP contribution in [0.1, 0.15) is 80.6 Å². The van der Waals surface area contributed by atoms with E-state index in [0.29, 0.717) is 19.3 Å². The number of carbonyl (C=O) groups excluding carboxylic acids is 1. The van der Waals surface area contributed by atoms with Gasteiger partial charge in [-0.25, -0.2) is 0 Å². The number of allylic oxidation sites excluding steroid dienone is 1. The van der Waals surface area contributed by atoms with Crippen LogP contribution in [0.3, 0.4) is 0 Å². The van der Waals surface area contributed by atoms with Crippen molar-refractivity contribution in [1.82, 2.24) is 0 Å². The number of fused-ring (bicyclic) bond motifs is 1. The van der Waals surface area contributed by atoms with E-state index in [9.17, 15) is 9.90 Å². The Morgan fingerprint density at radius 2 is 1.65 bits per heavy atom. The maximum absolute atomic E-state index is 13.4. The second kappa shape index (κ2) is 10.3. The molecule has 1 N–H and O–H groups in total. The van der Waals surface area contributed by atoms with E-state index in [2.05, 4.69) is 91.7 Å². The molecule has 0 radical (unpaired) electrons. The molecule has 0 amide bonds. The highest BCUT2D eigenvalue weighted by Gasteiger charge is 2.55. The second-order valence-electron chi connectivity index (χ2n) is 13.5. The van der Waals surface area contributed by atoms with E-state index in [0.717, 1.165) is 12.8 Å². The van der Waals surface area contributed by atoms with Crippen LogP contribution >= 0.6 is 0 Å². The number of aliphatic hydroxyl groups is 1. The minimum Gasteiger partial charge on any atom is -0.414 e. The van der Waals surface area contributed by atoms with Gasteiger partial charge in [-0.1, -0.05) is 53.7 Å². The number of ketones is 1. The van der Waals surface area contributed by atoms with Gasteiger partial charge in [0.05, 0.1) is 17.6 Å². The Labute approximate surface area is 211 Å². The number of aliphatic hydroxyl groups excluding tert-OH is 1. The summed E-state index contributed by atoms with van der Waals surface area (Å²) in [5.41, 5.74) is -0.889. The standard InChI is InChI=1S/C28H50O4Si2/c1-12-13-19-28(32-34(10,11)27(5,6)7)20-15-14-16-21-23(31-33(8,9)26(2,3)4)18-17-22(29)24(21)25(28)30/h14-15,21,23-25,30H,16-20H2,1-11H3/b15-14-/t21-,23+,24+,25+,28?/m1/s1. The molecule has 34 heavy (non-hydrogen) atoms. The number of carbonyl (C=O) groups is 1. The molecular weight excluding hydrogens is 456 g/mol. The van der Waals surface area contributed by atoms with Crippen LogP contribution in [0.4, 0.5) is 0 Å². The quantitative estimate of drug-likeness (QED) is 0.251. The van der Waals surface area contributed by atoms with Gasteiger partial charge >= 0.3 is 0 Å². The van der Waals surface area contributed by atoms with Crippen molar-refractivity contribution in [3.05, 3.63) is 12.2 Å². The highest BCUT2D eigenvalue weighted by molar-refractivity contribution is 6.74. The molecular formula is C28H50O4Si2. The molecule has 2 aliphatic rings. The fourth-order valence-electron chi connectivity index (χ4n) is 4.74. The molecule has 0 spiro atoms. The molecule has 0 bridgehead atoms. The molecule has 0 aliphatic heterocycles. The monoisotopic (exact) mass is 506 g/mol. The Morgan fingerprint density at radius 3 is 2.18 bits per heavy atom. The smallest absolute Gasteiger partial charge is 0.193 e. The van der Waals surface area contributed by atoms with Crippen LogP contribution in [0, 0.1) is 23.7 Å². The Hall–Kier alpha value is -0.716. The highest BCUT2D eigenvalue weighted by Crippen LogP contribution is 2.48. The summed E-state index contributed by atoms with van der Waals surface area (Å²) in [5, 5.41) is 12.1. The summed E-state index contributed by atoms with van der Waals surface area (Å²) in [6, 6.07) is 0. The molecule has 1 unspecified atom stereocenters. The topological polar surface area (TPSA) is 55.8 Å². The van der Waals surface area contributed by atoms with E-state index >= 15 is 0 Å².